The van der Waals surface area contributed by atoms with Gasteiger partial charge in [0.2, 0.25) is 5.95 Å². The van der Waals surface area contributed by atoms with Gasteiger partial charge in [0, 0.05) is 30.0 Å². The molecule has 2 fully saturated rings. The largest absolute Gasteiger partial charge is 0.393 e. The highest BCUT2D eigenvalue weighted by Crippen LogP contribution is 2.32. The third kappa shape index (κ3) is 4.04. The summed E-state index contributed by atoms with van der Waals surface area (Å²) in [6, 6.07) is 0. The lowest BCUT2D eigenvalue weighted by atomic mass is 9.85. The van der Waals surface area contributed by atoms with E-state index in [0.717, 1.165) is 54.4 Å². The summed E-state index contributed by atoms with van der Waals surface area (Å²) in [7, 11) is 0. The van der Waals surface area contributed by atoms with Crippen molar-refractivity contribution in [2.75, 3.05) is 11.9 Å². The third-order valence-electron chi connectivity index (χ3n) is 5.00. The van der Waals surface area contributed by atoms with Gasteiger partial charge in [-0.1, -0.05) is 6.42 Å². The Labute approximate surface area is 151 Å². The summed E-state index contributed by atoms with van der Waals surface area (Å²) in [4.78, 5) is 18.3. The Balaban J connectivity index is 1.59. The molecule has 2 aliphatic carbocycles. The average Bonchev–Trinajstić information content (AvgIpc) is 3.10. The maximum absolute atomic E-state index is 9.69. The Bertz CT molecular complexity index is 732. The highest BCUT2D eigenvalue weighted by molar-refractivity contribution is 7.13. The number of aliphatic hydroxyl groups is 1. The van der Waals surface area contributed by atoms with Crippen molar-refractivity contribution < 1.29 is 5.11 Å². The molecule has 2 heterocycles. The molecule has 2 aliphatic rings. The van der Waals surface area contributed by atoms with Gasteiger partial charge in [-0.2, -0.15) is 4.98 Å². The summed E-state index contributed by atoms with van der Waals surface area (Å²) in [6.45, 7) is 0.929. The van der Waals surface area contributed by atoms with Gasteiger partial charge in [-0.3, -0.25) is 0 Å². The molecule has 0 radical (unpaired) electrons. The molecule has 0 saturated heterocycles. The van der Waals surface area contributed by atoms with Gasteiger partial charge in [0.1, 0.15) is 5.01 Å². The zero-order valence-corrected chi connectivity index (χ0v) is 15.0. The van der Waals surface area contributed by atoms with E-state index < -0.39 is 0 Å². The van der Waals surface area contributed by atoms with Crippen molar-refractivity contribution in [1.29, 1.82) is 0 Å². The van der Waals surface area contributed by atoms with Crippen molar-refractivity contribution in [1.82, 2.24) is 15.0 Å². The van der Waals surface area contributed by atoms with Crippen LogP contribution in [0, 0.1) is 5.92 Å². The first-order valence-electron chi connectivity index (χ1n) is 9.03. The molecule has 0 bridgehead atoms. The van der Waals surface area contributed by atoms with E-state index in [0.29, 0.717) is 11.8 Å². The molecule has 25 heavy (non-hydrogen) atoms. The normalized spacial score (nSPS) is 21.0. The first-order chi connectivity index (χ1) is 12.3. The summed E-state index contributed by atoms with van der Waals surface area (Å²) in [6.07, 6.45) is 10.6. The zero-order valence-electron chi connectivity index (χ0n) is 14.2. The molecule has 2 saturated carbocycles. The van der Waals surface area contributed by atoms with E-state index in [2.05, 4.69) is 20.3 Å². The van der Waals surface area contributed by atoms with Gasteiger partial charge in [0.05, 0.1) is 11.7 Å². The Morgan fingerprint density at radius 2 is 2.04 bits per heavy atom. The highest BCUT2D eigenvalue weighted by Gasteiger charge is 2.19. The number of anilines is 1. The summed E-state index contributed by atoms with van der Waals surface area (Å²) < 4.78 is 0. The number of aliphatic imine (C=N–C) groups is 1. The smallest absolute Gasteiger partial charge is 0.224 e. The molecular formula is C18H23N5OS. The van der Waals surface area contributed by atoms with Crippen LogP contribution >= 0.6 is 11.3 Å². The molecule has 0 aromatic carbocycles. The topological polar surface area (TPSA) is 83.3 Å². The first kappa shape index (κ1) is 16.6. The van der Waals surface area contributed by atoms with E-state index in [9.17, 15) is 5.11 Å². The number of aromatic nitrogens is 3. The summed E-state index contributed by atoms with van der Waals surface area (Å²) >= 11 is 1.57. The zero-order chi connectivity index (χ0) is 17.1. The summed E-state index contributed by atoms with van der Waals surface area (Å²) in [5, 5.41) is 15.9. The van der Waals surface area contributed by atoms with Crippen molar-refractivity contribution in [3.63, 3.8) is 0 Å². The maximum Gasteiger partial charge on any atom is 0.224 e. The van der Waals surface area contributed by atoms with E-state index in [-0.39, 0.29) is 6.10 Å². The van der Waals surface area contributed by atoms with Gasteiger partial charge in [0.15, 0.2) is 5.82 Å². The lowest BCUT2D eigenvalue weighted by Gasteiger charge is -2.25. The molecule has 2 N–H and O–H groups in total. The van der Waals surface area contributed by atoms with E-state index in [4.69, 9.17) is 4.99 Å². The highest BCUT2D eigenvalue weighted by atomic mass is 32.1. The van der Waals surface area contributed by atoms with Crippen LogP contribution in [0.1, 0.15) is 44.9 Å². The number of rotatable bonds is 5. The fourth-order valence-corrected chi connectivity index (χ4v) is 3.82. The molecule has 2 aromatic rings. The Hall–Kier alpha value is -1.86. The molecule has 132 valence electrons. The second-order valence-corrected chi connectivity index (χ2v) is 7.75. The molecule has 7 heteroatoms. The van der Waals surface area contributed by atoms with Gasteiger partial charge in [-0.15, -0.1) is 11.3 Å². The predicted molar refractivity (Wildman–Crippen MR) is 101 cm³/mol. The number of nitrogens with zero attached hydrogens (tertiary/aromatic N) is 4. The monoisotopic (exact) mass is 357 g/mol. The predicted octanol–water partition coefficient (Wildman–Crippen LogP) is 3.82. The van der Waals surface area contributed by atoms with E-state index in [1.807, 2.05) is 11.6 Å². The standard InChI is InChI=1S/C18H23N5OS/c24-14-6-4-13(5-7-14)22-16-15(17-19-8-9-25-17)11-21-18(23-16)20-10-12-2-1-3-12/h8-9,11-12,14,24H,1-7,10H2,(H,20,21,23). The number of nitrogens with one attached hydrogen (secondary N) is 1. The third-order valence-corrected chi connectivity index (χ3v) is 5.81. The van der Waals surface area contributed by atoms with E-state index in [1.165, 1.54) is 19.3 Å². The SMILES string of the molecule is OC1CCC(=Nc2nc(NCC3CCC3)ncc2-c2nccs2)CC1. The fraction of sp³-hybridized carbons (Fsp3) is 0.556. The summed E-state index contributed by atoms with van der Waals surface area (Å²) in [5.74, 6) is 2.08. The van der Waals surface area contributed by atoms with Gasteiger partial charge >= 0.3 is 0 Å². The second-order valence-electron chi connectivity index (χ2n) is 6.86. The summed E-state index contributed by atoms with van der Waals surface area (Å²) in [5.41, 5.74) is 1.98. The first-order valence-corrected chi connectivity index (χ1v) is 9.91. The number of thiazole rings is 1. The van der Waals surface area contributed by atoms with Crippen molar-refractivity contribution in [2.45, 2.75) is 51.0 Å². The van der Waals surface area contributed by atoms with Crippen LogP contribution < -0.4 is 5.32 Å². The molecule has 2 aromatic heterocycles. The van der Waals surface area contributed by atoms with Crippen molar-refractivity contribution in [2.24, 2.45) is 10.9 Å². The number of aliphatic hydroxyl groups excluding tert-OH is 1. The molecule has 0 atom stereocenters. The Kier molecular flexibility index (Phi) is 5.03. The van der Waals surface area contributed by atoms with Crippen molar-refractivity contribution in [3.05, 3.63) is 17.8 Å². The molecule has 6 nitrogen and oxygen atoms in total. The quantitative estimate of drug-likeness (QED) is 0.850. The van der Waals surface area contributed by atoms with Crippen LogP contribution in [0.5, 0.6) is 0 Å². The second kappa shape index (κ2) is 7.58. The van der Waals surface area contributed by atoms with Gasteiger partial charge < -0.3 is 10.4 Å². The van der Waals surface area contributed by atoms with Crippen LogP contribution in [0.2, 0.25) is 0 Å². The fourth-order valence-electron chi connectivity index (χ4n) is 3.18. The van der Waals surface area contributed by atoms with Gasteiger partial charge in [-0.25, -0.2) is 15.0 Å². The maximum atomic E-state index is 9.69. The van der Waals surface area contributed by atoms with Crippen LogP contribution in [-0.4, -0.2) is 38.4 Å². The van der Waals surface area contributed by atoms with Gasteiger partial charge in [-0.05, 0) is 44.4 Å². The minimum Gasteiger partial charge on any atom is -0.393 e. The van der Waals surface area contributed by atoms with Crippen LogP contribution in [0.4, 0.5) is 11.8 Å². The molecule has 0 spiro atoms. The Morgan fingerprint density at radius 1 is 1.20 bits per heavy atom. The molecule has 0 amide bonds. The van der Waals surface area contributed by atoms with Crippen molar-refractivity contribution >= 4 is 28.8 Å². The lowest BCUT2D eigenvalue weighted by Crippen LogP contribution is -2.21. The average molecular weight is 357 g/mol. The Morgan fingerprint density at radius 3 is 2.72 bits per heavy atom. The van der Waals surface area contributed by atoms with Gasteiger partial charge in [0.25, 0.3) is 0 Å². The molecule has 4 rings (SSSR count). The van der Waals surface area contributed by atoms with E-state index >= 15 is 0 Å². The lowest BCUT2D eigenvalue weighted by molar-refractivity contribution is 0.152. The van der Waals surface area contributed by atoms with Crippen LogP contribution in [0.3, 0.4) is 0 Å². The molecule has 0 aliphatic heterocycles. The molecule has 0 unspecified atom stereocenters. The minimum atomic E-state index is -0.192. The number of hydrogen-bond acceptors (Lipinski definition) is 7. The van der Waals surface area contributed by atoms with Crippen LogP contribution in [-0.2, 0) is 0 Å². The molecular weight excluding hydrogens is 334 g/mol. The van der Waals surface area contributed by atoms with E-state index in [1.54, 1.807) is 17.5 Å². The number of hydrogen-bond donors (Lipinski definition) is 2. The minimum absolute atomic E-state index is 0.192. The van der Waals surface area contributed by atoms with Crippen molar-refractivity contribution in [3.8, 4) is 10.6 Å². The van der Waals surface area contributed by atoms with Crippen LogP contribution in [0.15, 0.2) is 22.8 Å². The van der Waals surface area contributed by atoms with Crippen LogP contribution in [0.25, 0.3) is 10.6 Å².